The minimum absolute atomic E-state index is 0.633. The third-order valence-electron chi connectivity index (χ3n) is 3.56. The Hall–Kier alpha value is -0.870. The first kappa shape index (κ1) is 14.5. The van der Waals surface area contributed by atoms with E-state index in [1.165, 1.54) is 25.7 Å². The van der Waals surface area contributed by atoms with Gasteiger partial charge in [-0.1, -0.05) is 44.7 Å². The Labute approximate surface area is 124 Å². The van der Waals surface area contributed by atoms with Crippen LogP contribution in [0, 0.1) is 10.7 Å². The summed E-state index contributed by atoms with van der Waals surface area (Å²) in [4.78, 5) is 7.59. The van der Waals surface area contributed by atoms with Crippen molar-refractivity contribution >= 4 is 35.0 Å². The highest BCUT2D eigenvalue weighted by Gasteiger charge is 2.12. The summed E-state index contributed by atoms with van der Waals surface area (Å²) in [5.41, 5.74) is 1.83. The zero-order valence-corrected chi connectivity index (χ0v) is 13.0. The van der Waals surface area contributed by atoms with E-state index < -0.39 is 0 Å². The molecule has 0 aliphatic heterocycles. The van der Waals surface area contributed by atoms with E-state index in [0.717, 1.165) is 22.5 Å². The molecule has 0 radical (unpaired) electrons. The molecule has 0 spiro atoms. The van der Waals surface area contributed by atoms with E-state index in [-0.39, 0.29) is 0 Å². The van der Waals surface area contributed by atoms with E-state index in [0.29, 0.717) is 10.9 Å². The average molecular weight is 298 g/mol. The number of imidazole rings is 1. The third-order valence-corrected chi connectivity index (χ3v) is 4.09. The Morgan fingerprint density at radius 3 is 2.95 bits per heavy atom. The van der Waals surface area contributed by atoms with Gasteiger partial charge in [0.1, 0.15) is 0 Å². The van der Waals surface area contributed by atoms with Crippen molar-refractivity contribution < 1.29 is 0 Å². The monoisotopic (exact) mass is 297 g/mol. The van der Waals surface area contributed by atoms with Crippen molar-refractivity contribution in [2.24, 2.45) is 5.92 Å². The van der Waals surface area contributed by atoms with E-state index in [1.54, 1.807) is 6.20 Å². The summed E-state index contributed by atoms with van der Waals surface area (Å²) in [7, 11) is 0. The van der Waals surface area contributed by atoms with Crippen LogP contribution in [0.5, 0.6) is 0 Å². The summed E-state index contributed by atoms with van der Waals surface area (Å²) in [6.07, 6.45) is 6.60. The number of hydrogen-bond donors (Lipinski definition) is 1. The summed E-state index contributed by atoms with van der Waals surface area (Å²) in [6, 6.07) is 1.88. The Kier molecular flexibility index (Phi) is 4.99. The predicted molar refractivity (Wildman–Crippen MR) is 83.2 cm³/mol. The van der Waals surface area contributed by atoms with Crippen molar-refractivity contribution in [3.8, 4) is 0 Å². The van der Waals surface area contributed by atoms with Crippen LogP contribution >= 0.6 is 23.8 Å². The number of pyridine rings is 1. The van der Waals surface area contributed by atoms with Crippen LogP contribution in [0.1, 0.15) is 39.5 Å². The first-order valence-corrected chi connectivity index (χ1v) is 7.68. The highest BCUT2D eigenvalue weighted by atomic mass is 35.5. The van der Waals surface area contributed by atoms with Crippen LogP contribution in [0.4, 0.5) is 0 Å². The van der Waals surface area contributed by atoms with E-state index in [2.05, 4.69) is 28.4 Å². The highest BCUT2D eigenvalue weighted by Crippen LogP contribution is 2.20. The van der Waals surface area contributed by atoms with E-state index >= 15 is 0 Å². The number of aromatic nitrogens is 3. The maximum absolute atomic E-state index is 5.96. The smallest absolute Gasteiger partial charge is 0.179 e. The molecule has 0 aliphatic carbocycles. The number of aromatic amines is 1. The Bertz CT molecular complexity index is 602. The van der Waals surface area contributed by atoms with Gasteiger partial charge in [-0.3, -0.25) is 0 Å². The molecule has 2 rings (SSSR count). The molecule has 1 atom stereocenters. The molecule has 104 valence electrons. The largest absolute Gasteiger partial charge is 0.329 e. The predicted octanol–water partition coefficient (Wildman–Crippen LogP) is 4.96. The minimum Gasteiger partial charge on any atom is -0.329 e. The molecule has 0 bridgehead atoms. The van der Waals surface area contributed by atoms with Crippen molar-refractivity contribution in [2.45, 2.75) is 46.1 Å². The van der Waals surface area contributed by atoms with Crippen LogP contribution in [-0.4, -0.2) is 14.5 Å². The maximum Gasteiger partial charge on any atom is 0.179 e. The number of nitrogens with zero attached hydrogens (tertiary/aromatic N) is 2. The molecule has 0 saturated carbocycles. The number of rotatable bonds is 6. The standard InChI is InChI=1S/C14H20ClN3S/c1-3-5-6-10(4-2)9-18-13-12(17-14(18)19)7-11(15)8-16-13/h7-8,10H,3-6,9H2,1-2H3,(H,17,19). The molecule has 0 aliphatic rings. The van der Waals surface area contributed by atoms with Crippen LogP contribution < -0.4 is 0 Å². The van der Waals surface area contributed by atoms with Gasteiger partial charge in [0.2, 0.25) is 0 Å². The number of nitrogens with one attached hydrogen (secondary N) is 1. The zero-order valence-electron chi connectivity index (χ0n) is 11.4. The Morgan fingerprint density at radius 1 is 1.47 bits per heavy atom. The molecule has 0 amide bonds. The van der Waals surface area contributed by atoms with Gasteiger partial charge in [0, 0.05) is 12.7 Å². The van der Waals surface area contributed by atoms with Gasteiger partial charge < -0.3 is 9.55 Å². The van der Waals surface area contributed by atoms with Crippen molar-refractivity contribution in [2.75, 3.05) is 0 Å². The molecule has 5 heteroatoms. The lowest BCUT2D eigenvalue weighted by atomic mass is 9.99. The molecular formula is C14H20ClN3S. The Balaban J connectivity index is 2.28. The first-order valence-electron chi connectivity index (χ1n) is 6.89. The quantitative estimate of drug-likeness (QED) is 0.764. The molecule has 0 saturated heterocycles. The number of halogens is 1. The molecule has 2 aromatic heterocycles. The van der Waals surface area contributed by atoms with Crippen molar-refractivity contribution in [1.82, 2.24) is 14.5 Å². The molecule has 2 aromatic rings. The summed E-state index contributed by atoms with van der Waals surface area (Å²) in [5.74, 6) is 0.656. The summed E-state index contributed by atoms with van der Waals surface area (Å²) in [6.45, 7) is 5.40. The fourth-order valence-electron chi connectivity index (χ4n) is 2.36. The average Bonchev–Trinajstić information content (AvgIpc) is 2.69. The molecule has 3 nitrogen and oxygen atoms in total. The van der Waals surface area contributed by atoms with E-state index in [4.69, 9.17) is 23.8 Å². The van der Waals surface area contributed by atoms with Crippen LogP contribution in [-0.2, 0) is 6.54 Å². The highest BCUT2D eigenvalue weighted by molar-refractivity contribution is 7.71. The lowest BCUT2D eigenvalue weighted by Gasteiger charge is -2.15. The van der Waals surface area contributed by atoms with Gasteiger partial charge in [-0.05, 0) is 30.6 Å². The van der Waals surface area contributed by atoms with Gasteiger partial charge in [-0.2, -0.15) is 0 Å². The fraction of sp³-hybridized carbons (Fsp3) is 0.571. The lowest BCUT2D eigenvalue weighted by molar-refractivity contribution is 0.392. The van der Waals surface area contributed by atoms with Crippen molar-refractivity contribution in [3.63, 3.8) is 0 Å². The molecule has 19 heavy (non-hydrogen) atoms. The number of unbranched alkanes of at least 4 members (excludes halogenated alkanes) is 1. The van der Waals surface area contributed by atoms with Gasteiger partial charge in [-0.25, -0.2) is 4.98 Å². The first-order chi connectivity index (χ1) is 9.15. The summed E-state index contributed by atoms with van der Waals surface area (Å²) >= 11 is 11.4. The van der Waals surface area contributed by atoms with Crippen LogP contribution in [0.25, 0.3) is 11.2 Å². The van der Waals surface area contributed by atoms with Crippen LogP contribution in [0.3, 0.4) is 0 Å². The molecule has 0 aromatic carbocycles. The fourth-order valence-corrected chi connectivity index (χ4v) is 2.79. The van der Waals surface area contributed by atoms with Gasteiger partial charge in [0.15, 0.2) is 10.4 Å². The van der Waals surface area contributed by atoms with Crippen molar-refractivity contribution in [3.05, 3.63) is 22.1 Å². The van der Waals surface area contributed by atoms with Gasteiger partial charge in [-0.15, -0.1) is 0 Å². The van der Waals surface area contributed by atoms with E-state index in [9.17, 15) is 0 Å². The second kappa shape index (κ2) is 6.53. The minimum atomic E-state index is 0.633. The zero-order chi connectivity index (χ0) is 13.8. The molecule has 2 heterocycles. The van der Waals surface area contributed by atoms with Crippen LogP contribution in [0.15, 0.2) is 12.3 Å². The molecule has 0 fully saturated rings. The number of hydrogen-bond acceptors (Lipinski definition) is 2. The lowest BCUT2D eigenvalue weighted by Crippen LogP contribution is -2.10. The molecular weight excluding hydrogens is 278 g/mol. The Morgan fingerprint density at radius 2 is 2.26 bits per heavy atom. The van der Waals surface area contributed by atoms with Crippen molar-refractivity contribution in [1.29, 1.82) is 0 Å². The second-order valence-corrected chi connectivity index (χ2v) is 5.81. The topological polar surface area (TPSA) is 33.6 Å². The van der Waals surface area contributed by atoms with Crippen LogP contribution in [0.2, 0.25) is 5.02 Å². The second-order valence-electron chi connectivity index (χ2n) is 4.98. The third kappa shape index (κ3) is 3.37. The SMILES string of the molecule is CCCCC(CC)Cn1c(=S)[nH]c2cc(Cl)cnc21. The summed E-state index contributed by atoms with van der Waals surface area (Å²) in [5, 5.41) is 0.633. The number of H-pyrrole nitrogens is 1. The van der Waals surface area contributed by atoms with Gasteiger partial charge in [0.05, 0.1) is 10.5 Å². The van der Waals surface area contributed by atoms with Gasteiger partial charge >= 0.3 is 0 Å². The van der Waals surface area contributed by atoms with E-state index in [1.807, 2.05) is 6.07 Å². The summed E-state index contributed by atoms with van der Waals surface area (Å²) < 4.78 is 2.84. The molecule has 1 unspecified atom stereocenters. The maximum atomic E-state index is 5.96. The normalized spacial score (nSPS) is 13.0. The number of fused-ring (bicyclic) bond motifs is 1. The van der Waals surface area contributed by atoms with Gasteiger partial charge in [0.25, 0.3) is 0 Å². The molecule has 1 N–H and O–H groups in total.